The third-order valence-electron chi connectivity index (χ3n) is 4.18. The number of nitrogens with one attached hydrogen (secondary N) is 2. The van der Waals surface area contributed by atoms with E-state index < -0.39 is 6.10 Å². The first-order valence-electron chi connectivity index (χ1n) is 8.35. The molecule has 134 valence electrons. The predicted octanol–water partition coefficient (Wildman–Crippen LogP) is 2.43. The van der Waals surface area contributed by atoms with Crippen LogP contribution in [0.15, 0.2) is 36.0 Å². The highest BCUT2D eigenvalue weighted by molar-refractivity contribution is 7.16. The van der Waals surface area contributed by atoms with Crippen LogP contribution in [-0.2, 0) is 11.2 Å². The molecule has 0 spiro atoms. The summed E-state index contributed by atoms with van der Waals surface area (Å²) < 4.78 is 5.69. The first-order chi connectivity index (χ1) is 12.7. The van der Waals surface area contributed by atoms with E-state index in [2.05, 4.69) is 20.6 Å². The number of amides is 1. The molecule has 1 aliphatic rings. The molecule has 2 aromatic heterocycles. The van der Waals surface area contributed by atoms with Crippen LogP contribution in [0.2, 0.25) is 0 Å². The lowest BCUT2D eigenvalue weighted by molar-refractivity contribution is -0.116. The lowest BCUT2D eigenvalue weighted by Gasteiger charge is -2.18. The van der Waals surface area contributed by atoms with Crippen molar-refractivity contribution in [3.05, 3.63) is 41.5 Å². The normalized spacial score (nSPS) is 14.6. The summed E-state index contributed by atoms with van der Waals surface area (Å²) in [5.74, 6) is 1.43. The summed E-state index contributed by atoms with van der Waals surface area (Å²) in [5, 5.41) is 19.1. The van der Waals surface area contributed by atoms with E-state index in [-0.39, 0.29) is 12.5 Å². The molecule has 7 nitrogen and oxygen atoms in total. The lowest BCUT2D eigenvalue weighted by Crippen LogP contribution is -2.26. The van der Waals surface area contributed by atoms with Gasteiger partial charge in [-0.25, -0.2) is 9.97 Å². The Morgan fingerprint density at radius 2 is 2.23 bits per heavy atom. The number of anilines is 2. The second kappa shape index (κ2) is 7.27. The van der Waals surface area contributed by atoms with Gasteiger partial charge in [0.1, 0.15) is 35.4 Å². The minimum atomic E-state index is -0.686. The number of aliphatic hydroxyl groups is 1. The van der Waals surface area contributed by atoms with Crippen LogP contribution >= 0.6 is 11.3 Å². The Labute approximate surface area is 154 Å². The Bertz CT molecular complexity index is 943. The second-order valence-corrected chi connectivity index (χ2v) is 6.97. The number of carbonyl (C=O) groups is 1. The van der Waals surface area contributed by atoms with Crippen LogP contribution in [0, 0.1) is 0 Å². The molecule has 8 heteroatoms. The van der Waals surface area contributed by atoms with Gasteiger partial charge in [-0.1, -0.05) is 0 Å². The van der Waals surface area contributed by atoms with Crippen LogP contribution in [0.5, 0.6) is 5.75 Å². The average molecular weight is 370 g/mol. The summed E-state index contributed by atoms with van der Waals surface area (Å²) in [6, 6.07) is 7.50. The van der Waals surface area contributed by atoms with Gasteiger partial charge >= 0.3 is 0 Å². The monoisotopic (exact) mass is 370 g/mol. The summed E-state index contributed by atoms with van der Waals surface area (Å²) >= 11 is 1.55. The number of aromatic nitrogens is 2. The van der Waals surface area contributed by atoms with E-state index in [1.807, 2.05) is 23.6 Å². The number of aryl methyl sites for hydroxylation is 1. The molecule has 3 N–H and O–H groups in total. The molecule has 1 aliphatic heterocycles. The second-order valence-electron chi connectivity index (χ2n) is 6.07. The van der Waals surface area contributed by atoms with Crippen LogP contribution in [0.4, 0.5) is 11.5 Å². The maximum absolute atomic E-state index is 11.4. The van der Waals surface area contributed by atoms with E-state index in [4.69, 9.17) is 4.74 Å². The Morgan fingerprint density at radius 1 is 1.31 bits per heavy atom. The number of hydrogen-bond donors (Lipinski definition) is 3. The molecule has 0 saturated heterocycles. The largest absolute Gasteiger partial charge is 0.491 e. The summed E-state index contributed by atoms with van der Waals surface area (Å²) in [7, 11) is 0. The fraction of sp³-hybridized carbons (Fsp3) is 0.278. The lowest BCUT2D eigenvalue weighted by atomic mass is 10.0. The molecule has 1 atom stereocenters. The number of hydrogen-bond acceptors (Lipinski definition) is 7. The number of rotatable bonds is 6. The number of aliphatic hydroxyl groups excluding tert-OH is 1. The number of carbonyl (C=O) groups excluding carboxylic acids is 1. The van der Waals surface area contributed by atoms with Crippen LogP contribution in [0.1, 0.15) is 12.0 Å². The fourth-order valence-corrected chi connectivity index (χ4v) is 3.58. The third kappa shape index (κ3) is 3.61. The van der Waals surface area contributed by atoms with Crippen molar-refractivity contribution in [2.75, 3.05) is 23.8 Å². The minimum Gasteiger partial charge on any atom is -0.491 e. The molecule has 0 unspecified atom stereocenters. The predicted molar refractivity (Wildman–Crippen MR) is 101 cm³/mol. The highest BCUT2D eigenvalue weighted by Crippen LogP contribution is 2.27. The van der Waals surface area contributed by atoms with Crippen LogP contribution in [-0.4, -0.2) is 40.2 Å². The number of ether oxygens (including phenoxy) is 1. The van der Waals surface area contributed by atoms with Gasteiger partial charge in [0.15, 0.2) is 0 Å². The highest BCUT2D eigenvalue weighted by atomic mass is 32.1. The van der Waals surface area contributed by atoms with Gasteiger partial charge in [-0.3, -0.25) is 4.79 Å². The number of thiophene rings is 1. The summed E-state index contributed by atoms with van der Waals surface area (Å²) in [6.07, 6.45) is 2.01. The molecule has 3 heterocycles. The Morgan fingerprint density at radius 3 is 3.15 bits per heavy atom. The van der Waals surface area contributed by atoms with Gasteiger partial charge in [0.2, 0.25) is 5.91 Å². The quantitative estimate of drug-likeness (QED) is 0.617. The van der Waals surface area contributed by atoms with Gasteiger partial charge in [-0.2, -0.15) is 0 Å². The third-order valence-corrected chi connectivity index (χ3v) is 5.00. The van der Waals surface area contributed by atoms with Crippen molar-refractivity contribution < 1.29 is 14.6 Å². The Hall–Kier alpha value is -2.71. The van der Waals surface area contributed by atoms with Crippen molar-refractivity contribution in [2.24, 2.45) is 0 Å². The molecule has 0 fully saturated rings. The zero-order valence-electron chi connectivity index (χ0n) is 13.9. The van der Waals surface area contributed by atoms with Gasteiger partial charge in [0, 0.05) is 18.7 Å². The van der Waals surface area contributed by atoms with Crippen molar-refractivity contribution in [2.45, 2.75) is 18.9 Å². The number of benzene rings is 1. The Kier molecular flexibility index (Phi) is 4.68. The van der Waals surface area contributed by atoms with E-state index in [9.17, 15) is 9.90 Å². The standard InChI is InChI=1S/C18H18N4O3S/c23-12(8-19-17-14-5-6-26-18(14)21-10-20-17)9-25-13-2-3-15-11(7-13)1-4-16(24)22-15/h2-3,5-7,10,12,23H,1,4,8-9H2,(H,22,24)(H,19,20,21)/t12-/m1/s1. The molecule has 1 amide bonds. The molecular weight excluding hydrogens is 352 g/mol. The molecule has 0 saturated carbocycles. The SMILES string of the molecule is O=C1CCc2cc(OC[C@H](O)CNc3ncnc4sccc34)ccc2N1. The van der Waals surface area contributed by atoms with Crippen molar-refractivity contribution in [1.82, 2.24) is 9.97 Å². The molecule has 1 aromatic carbocycles. The van der Waals surface area contributed by atoms with E-state index in [0.29, 0.717) is 31.0 Å². The molecule has 0 radical (unpaired) electrons. The number of nitrogens with zero attached hydrogens (tertiary/aromatic N) is 2. The van der Waals surface area contributed by atoms with Crippen molar-refractivity contribution in [3.63, 3.8) is 0 Å². The minimum absolute atomic E-state index is 0.0390. The fourth-order valence-electron chi connectivity index (χ4n) is 2.85. The average Bonchev–Trinajstić information content (AvgIpc) is 3.14. The van der Waals surface area contributed by atoms with Crippen molar-refractivity contribution >= 4 is 39.0 Å². The smallest absolute Gasteiger partial charge is 0.224 e. The van der Waals surface area contributed by atoms with E-state index in [0.717, 1.165) is 21.5 Å². The molecule has 0 aliphatic carbocycles. The highest BCUT2D eigenvalue weighted by Gasteiger charge is 2.15. The Balaban J connectivity index is 1.32. The molecule has 26 heavy (non-hydrogen) atoms. The van der Waals surface area contributed by atoms with Crippen LogP contribution in [0.3, 0.4) is 0 Å². The first-order valence-corrected chi connectivity index (χ1v) is 9.23. The van der Waals surface area contributed by atoms with Crippen LogP contribution < -0.4 is 15.4 Å². The van der Waals surface area contributed by atoms with E-state index >= 15 is 0 Å². The van der Waals surface area contributed by atoms with Gasteiger partial charge in [-0.05, 0) is 41.6 Å². The summed E-state index contributed by atoms with van der Waals surface area (Å²) in [5.41, 5.74) is 1.88. The molecule has 0 bridgehead atoms. The maximum Gasteiger partial charge on any atom is 0.224 e. The topological polar surface area (TPSA) is 96.4 Å². The van der Waals surface area contributed by atoms with E-state index in [1.165, 1.54) is 6.33 Å². The van der Waals surface area contributed by atoms with Gasteiger partial charge < -0.3 is 20.5 Å². The van der Waals surface area contributed by atoms with Gasteiger partial charge in [0.25, 0.3) is 0 Å². The van der Waals surface area contributed by atoms with Crippen molar-refractivity contribution in [1.29, 1.82) is 0 Å². The number of fused-ring (bicyclic) bond motifs is 2. The summed E-state index contributed by atoms with van der Waals surface area (Å²) in [6.45, 7) is 0.485. The van der Waals surface area contributed by atoms with Gasteiger partial charge in [0.05, 0.1) is 5.39 Å². The van der Waals surface area contributed by atoms with Crippen LogP contribution in [0.25, 0.3) is 10.2 Å². The van der Waals surface area contributed by atoms with Crippen molar-refractivity contribution in [3.8, 4) is 5.75 Å². The zero-order valence-corrected chi connectivity index (χ0v) is 14.8. The van der Waals surface area contributed by atoms with Gasteiger partial charge in [-0.15, -0.1) is 11.3 Å². The first kappa shape index (κ1) is 16.7. The zero-order chi connectivity index (χ0) is 17.9. The molecular formula is C18H18N4O3S. The molecule has 3 aromatic rings. The summed E-state index contributed by atoms with van der Waals surface area (Å²) in [4.78, 5) is 20.7. The molecule has 4 rings (SSSR count). The van der Waals surface area contributed by atoms with E-state index in [1.54, 1.807) is 17.4 Å². The maximum atomic E-state index is 11.4.